The molecule has 1 heterocycles. The highest BCUT2D eigenvalue weighted by atomic mass is 32.2. The monoisotopic (exact) mass is 309 g/mol. The van der Waals surface area contributed by atoms with Crippen molar-refractivity contribution in [3.63, 3.8) is 0 Å². The van der Waals surface area contributed by atoms with Crippen LogP contribution in [0, 0.1) is 11.3 Å². The van der Waals surface area contributed by atoms with Gasteiger partial charge in [-0.15, -0.1) is 0 Å². The van der Waals surface area contributed by atoms with Crippen LogP contribution >= 0.6 is 0 Å². The van der Waals surface area contributed by atoms with E-state index in [2.05, 4.69) is 28.9 Å². The van der Waals surface area contributed by atoms with E-state index in [4.69, 9.17) is 0 Å². The van der Waals surface area contributed by atoms with Crippen molar-refractivity contribution in [1.82, 2.24) is 15.0 Å². The third-order valence-electron chi connectivity index (χ3n) is 4.48. The normalized spacial score (nSPS) is 24.0. The molecular weight excluding hydrogens is 286 g/mol. The SMILES string of the molecule is CC1(C)CC1CNS(=O)(=O)c1ccc(CNC2CC2)cn1. The Morgan fingerprint density at radius 3 is 2.57 bits per heavy atom. The van der Waals surface area contributed by atoms with Crippen LogP contribution in [0.3, 0.4) is 0 Å². The first-order valence-electron chi connectivity index (χ1n) is 7.55. The molecule has 0 amide bonds. The molecule has 2 saturated carbocycles. The van der Waals surface area contributed by atoms with Gasteiger partial charge < -0.3 is 5.32 Å². The number of rotatable bonds is 7. The summed E-state index contributed by atoms with van der Waals surface area (Å²) < 4.78 is 27.0. The maximum Gasteiger partial charge on any atom is 0.258 e. The summed E-state index contributed by atoms with van der Waals surface area (Å²) in [6.07, 6.45) is 5.20. The Balaban J connectivity index is 1.56. The number of sulfonamides is 1. The Labute approximate surface area is 126 Å². The van der Waals surface area contributed by atoms with Crippen LogP contribution in [0.25, 0.3) is 0 Å². The number of hydrogen-bond donors (Lipinski definition) is 2. The molecule has 2 aliphatic rings. The van der Waals surface area contributed by atoms with Crippen molar-refractivity contribution in [2.45, 2.75) is 50.7 Å². The minimum absolute atomic E-state index is 0.108. The molecule has 1 unspecified atom stereocenters. The van der Waals surface area contributed by atoms with Crippen LogP contribution < -0.4 is 10.0 Å². The Hall–Kier alpha value is -0.980. The second-order valence-electron chi connectivity index (χ2n) is 6.90. The molecule has 1 atom stereocenters. The molecule has 21 heavy (non-hydrogen) atoms. The summed E-state index contributed by atoms with van der Waals surface area (Å²) in [6, 6.07) is 4.06. The number of aromatic nitrogens is 1. The third kappa shape index (κ3) is 3.81. The second-order valence-corrected chi connectivity index (χ2v) is 8.62. The molecule has 1 aromatic rings. The molecular formula is C15H23N3O2S. The van der Waals surface area contributed by atoms with Gasteiger partial charge in [0, 0.05) is 25.3 Å². The molecule has 0 spiro atoms. The van der Waals surface area contributed by atoms with E-state index in [1.54, 1.807) is 12.3 Å². The van der Waals surface area contributed by atoms with E-state index in [-0.39, 0.29) is 10.4 Å². The number of hydrogen-bond acceptors (Lipinski definition) is 4. The molecule has 0 bridgehead atoms. The summed E-state index contributed by atoms with van der Waals surface area (Å²) in [4.78, 5) is 4.09. The second kappa shape index (κ2) is 5.34. The molecule has 2 fully saturated rings. The van der Waals surface area contributed by atoms with Crippen LogP contribution in [-0.4, -0.2) is 26.0 Å². The van der Waals surface area contributed by atoms with Gasteiger partial charge >= 0.3 is 0 Å². The fraction of sp³-hybridized carbons (Fsp3) is 0.667. The largest absolute Gasteiger partial charge is 0.310 e. The van der Waals surface area contributed by atoms with Gasteiger partial charge in [0.1, 0.15) is 0 Å². The van der Waals surface area contributed by atoms with Crippen molar-refractivity contribution in [3.8, 4) is 0 Å². The Kier molecular flexibility index (Phi) is 3.80. The lowest BCUT2D eigenvalue weighted by molar-refractivity contribution is 0.536. The van der Waals surface area contributed by atoms with Gasteiger partial charge in [-0.2, -0.15) is 0 Å². The minimum atomic E-state index is -3.48. The fourth-order valence-electron chi connectivity index (χ4n) is 2.43. The standard InChI is InChI=1S/C15H23N3O2S/c1-15(2)7-12(15)10-18-21(19,20)14-6-3-11(9-17-14)8-16-13-4-5-13/h3,6,9,12-13,16,18H,4-5,7-8,10H2,1-2H3. The number of pyridine rings is 1. The van der Waals surface area contributed by atoms with Gasteiger partial charge in [0.25, 0.3) is 10.0 Å². The molecule has 3 rings (SSSR count). The van der Waals surface area contributed by atoms with Gasteiger partial charge in [0.05, 0.1) is 0 Å². The topological polar surface area (TPSA) is 71.1 Å². The average molecular weight is 309 g/mol. The van der Waals surface area contributed by atoms with Gasteiger partial charge in [-0.1, -0.05) is 19.9 Å². The molecule has 0 radical (unpaired) electrons. The van der Waals surface area contributed by atoms with E-state index in [0.29, 0.717) is 18.5 Å². The predicted molar refractivity (Wildman–Crippen MR) is 81.2 cm³/mol. The molecule has 0 aromatic carbocycles. The lowest BCUT2D eigenvalue weighted by Gasteiger charge is -2.08. The zero-order chi connectivity index (χ0) is 15.1. The zero-order valence-electron chi connectivity index (χ0n) is 12.6. The van der Waals surface area contributed by atoms with Crippen LogP contribution in [0.4, 0.5) is 0 Å². The molecule has 2 aliphatic carbocycles. The average Bonchev–Trinajstić information content (AvgIpc) is 3.33. The van der Waals surface area contributed by atoms with Crippen LogP contribution in [0.15, 0.2) is 23.4 Å². The fourth-order valence-corrected chi connectivity index (χ4v) is 3.44. The van der Waals surface area contributed by atoms with E-state index in [0.717, 1.165) is 18.5 Å². The lowest BCUT2D eigenvalue weighted by atomic mass is 10.1. The first-order chi connectivity index (χ1) is 9.87. The van der Waals surface area contributed by atoms with Crippen molar-refractivity contribution in [2.75, 3.05) is 6.54 Å². The summed E-state index contributed by atoms with van der Waals surface area (Å²) >= 11 is 0. The van der Waals surface area contributed by atoms with Crippen LogP contribution in [0.5, 0.6) is 0 Å². The molecule has 0 aliphatic heterocycles. The smallest absolute Gasteiger partial charge is 0.258 e. The highest BCUT2D eigenvalue weighted by Crippen LogP contribution is 2.51. The van der Waals surface area contributed by atoms with Gasteiger partial charge in [0.2, 0.25) is 0 Å². The van der Waals surface area contributed by atoms with E-state index < -0.39 is 10.0 Å². The maximum absolute atomic E-state index is 12.2. The molecule has 5 nitrogen and oxygen atoms in total. The van der Waals surface area contributed by atoms with Crippen molar-refractivity contribution < 1.29 is 8.42 Å². The summed E-state index contributed by atoms with van der Waals surface area (Å²) in [6.45, 7) is 5.57. The lowest BCUT2D eigenvalue weighted by Crippen LogP contribution is -2.27. The van der Waals surface area contributed by atoms with Crippen molar-refractivity contribution in [2.24, 2.45) is 11.3 Å². The summed E-state index contributed by atoms with van der Waals surface area (Å²) in [5, 5.41) is 3.49. The Morgan fingerprint density at radius 2 is 2.05 bits per heavy atom. The molecule has 1 aromatic heterocycles. The molecule has 2 N–H and O–H groups in total. The summed E-state index contributed by atoms with van der Waals surface area (Å²) in [5.41, 5.74) is 1.29. The van der Waals surface area contributed by atoms with Crippen LogP contribution in [0.2, 0.25) is 0 Å². The highest BCUT2D eigenvalue weighted by Gasteiger charge is 2.45. The highest BCUT2D eigenvalue weighted by molar-refractivity contribution is 7.89. The quantitative estimate of drug-likeness (QED) is 0.803. The van der Waals surface area contributed by atoms with Crippen LogP contribution in [-0.2, 0) is 16.6 Å². The van der Waals surface area contributed by atoms with Crippen molar-refractivity contribution in [1.29, 1.82) is 0 Å². The minimum Gasteiger partial charge on any atom is -0.310 e. The summed E-state index contributed by atoms with van der Waals surface area (Å²) in [7, 11) is -3.48. The first kappa shape index (κ1) is 14.9. The van der Waals surface area contributed by atoms with E-state index in [9.17, 15) is 8.42 Å². The van der Waals surface area contributed by atoms with E-state index >= 15 is 0 Å². The van der Waals surface area contributed by atoms with Crippen molar-refractivity contribution in [3.05, 3.63) is 23.9 Å². The Morgan fingerprint density at radius 1 is 1.33 bits per heavy atom. The molecule has 116 valence electrons. The zero-order valence-corrected chi connectivity index (χ0v) is 13.4. The Bertz CT molecular complexity index is 606. The maximum atomic E-state index is 12.2. The molecule has 6 heteroatoms. The number of nitrogens with zero attached hydrogens (tertiary/aromatic N) is 1. The van der Waals surface area contributed by atoms with Crippen LogP contribution in [0.1, 0.15) is 38.7 Å². The van der Waals surface area contributed by atoms with Crippen molar-refractivity contribution >= 4 is 10.0 Å². The van der Waals surface area contributed by atoms with E-state index in [1.165, 1.54) is 12.8 Å². The first-order valence-corrected chi connectivity index (χ1v) is 9.03. The van der Waals surface area contributed by atoms with Gasteiger partial charge in [-0.05, 0) is 42.2 Å². The number of nitrogens with one attached hydrogen (secondary N) is 2. The third-order valence-corrected chi connectivity index (χ3v) is 5.82. The van der Waals surface area contributed by atoms with Gasteiger partial charge in [-0.25, -0.2) is 18.1 Å². The van der Waals surface area contributed by atoms with Gasteiger partial charge in [-0.3, -0.25) is 0 Å². The summed E-state index contributed by atoms with van der Waals surface area (Å²) in [5.74, 6) is 0.439. The van der Waals surface area contributed by atoms with E-state index in [1.807, 2.05) is 6.07 Å². The van der Waals surface area contributed by atoms with Gasteiger partial charge in [0.15, 0.2) is 5.03 Å². The molecule has 0 saturated heterocycles. The predicted octanol–water partition coefficient (Wildman–Crippen LogP) is 1.66.